The van der Waals surface area contributed by atoms with Gasteiger partial charge >= 0.3 is 0 Å². The van der Waals surface area contributed by atoms with Crippen LogP contribution in [0.5, 0.6) is 0 Å². The third kappa shape index (κ3) is 5.21. The van der Waals surface area contributed by atoms with Crippen molar-refractivity contribution in [2.75, 3.05) is 20.8 Å². The molecule has 6 rings (SSSR count). The van der Waals surface area contributed by atoms with Crippen LogP contribution >= 0.6 is 0 Å². The molecule has 0 saturated heterocycles. The number of aryl methyl sites for hydroxylation is 1. The number of fused-ring (bicyclic) bond motifs is 4. The Morgan fingerprint density at radius 3 is 2.13 bits per heavy atom. The molecule has 4 nitrogen and oxygen atoms in total. The predicted molar refractivity (Wildman–Crippen MR) is 129 cm³/mol. The van der Waals surface area contributed by atoms with Gasteiger partial charge in [-0.1, -0.05) is 54.1 Å². The molecule has 0 atom stereocenters. The maximum Gasteiger partial charge on any atom is 0.0887 e. The molecule has 158 valence electrons. The van der Waals surface area contributed by atoms with Crippen molar-refractivity contribution in [1.82, 2.24) is 19.8 Å². The second-order valence-corrected chi connectivity index (χ2v) is 8.12. The molecule has 3 aliphatic rings. The molecule has 2 aromatic carbocycles. The van der Waals surface area contributed by atoms with Crippen molar-refractivity contribution in [2.24, 2.45) is 0 Å². The molecule has 3 aromatic rings. The molecule has 1 aromatic heterocycles. The minimum Gasteiger partial charge on any atom is -0.362 e. The van der Waals surface area contributed by atoms with Gasteiger partial charge in [0.2, 0.25) is 0 Å². The Labute approximate surface area is 185 Å². The van der Waals surface area contributed by atoms with Gasteiger partial charge in [0.05, 0.1) is 6.67 Å². The molecule has 4 heteroatoms. The van der Waals surface area contributed by atoms with Crippen LogP contribution in [0.4, 0.5) is 0 Å². The summed E-state index contributed by atoms with van der Waals surface area (Å²) in [5.41, 5.74) is 6.21. The third-order valence-corrected chi connectivity index (χ3v) is 5.79. The van der Waals surface area contributed by atoms with Gasteiger partial charge in [0.15, 0.2) is 0 Å². The van der Waals surface area contributed by atoms with Crippen molar-refractivity contribution >= 4 is 16.3 Å². The number of allylic oxidation sites excluding steroid dienone is 4. The van der Waals surface area contributed by atoms with Crippen LogP contribution in [0.25, 0.3) is 16.3 Å². The van der Waals surface area contributed by atoms with E-state index in [4.69, 9.17) is 0 Å². The number of aromatic nitrogens is 2. The second-order valence-electron chi connectivity index (χ2n) is 8.12. The first kappa shape index (κ1) is 20.9. The molecule has 0 bridgehead atoms. The zero-order valence-electron chi connectivity index (χ0n) is 18.4. The Hall–Kier alpha value is -3.40. The normalized spacial score (nSPS) is 16.2. The minimum atomic E-state index is 1.03. The fourth-order valence-electron chi connectivity index (χ4n) is 4.31. The predicted octanol–water partition coefficient (Wildman–Crippen LogP) is 5.66. The van der Waals surface area contributed by atoms with Crippen LogP contribution < -0.4 is 0 Å². The fraction of sp³-hybridized carbons (Fsp3) is 0.259. The van der Waals surface area contributed by atoms with Gasteiger partial charge in [0.25, 0.3) is 0 Å². The van der Waals surface area contributed by atoms with E-state index in [9.17, 15) is 0 Å². The summed E-state index contributed by atoms with van der Waals surface area (Å²) in [5.74, 6) is 0. The summed E-state index contributed by atoms with van der Waals surface area (Å²) in [6.45, 7) is 1.03. The molecular weight excluding hydrogens is 380 g/mol. The lowest BCUT2D eigenvalue weighted by molar-refractivity contribution is 0.340. The Bertz CT molecular complexity index is 1060. The average molecular weight is 411 g/mol. The highest BCUT2D eigenvalue weighted by molar-refractivity contribution is 5.93. The standard InChI is InChI=1S/C18H16.C5H10N2.C4H4N2/c1-3-7-15-13(5-1)9-11-18-16-8-4-2-6-14(16)10-12-17(15)18;1-6-3-4-7(2)5-6;1-2-6-4-3-5-1/h1,3-5,7-9,11H,2,6,10,12H2;3-4H,5H2,1-2H3;1-4H. The lowest BCUT2D eigenvalue weighted by Gasteiger charge is -2.25. The van der Waals surface area contributed by atoms with E-state index in [1.807, 2.05) is 0 Å². The van der Waals surface area contributed by atoms with Crippen LogP contribution in [0.3, 0.4) is 0 Å². The first-order valence-electron chi connectivity index (χ1n) is 10.9. The second kappa shape index (κ2) is 10.1. The molecule has 2 heterocycles. The lowest BCUT2D eigenvalue weighted by Crippen LogP contribution is -2.17. The molecule has 0 radical (unpaired) electrons. The maximum atomic E-state index is 3.72. The zero-order chi connectivity index (χ0) is 21.5. The minimum absolute atomic E-state index is 1.03. The fourth-order valence-corrected chi connectivity index (χ4v) is 4.31. The highest BCUT2D eigenvalue weighted by atomic mass is 15.3. The van der Waals surface area contributed by atoms with Gasteiger partial charge < -0.3 is 9.80 Å². The molecular formula is C27H30N4. The van der Waals surface area contributed by atoms with Gasteiger partial charge in [-0.3, -0.25) is 9.97 Å². The van der Waals surface area contributed by atoms with E-state index in [0.29, 0.717) is 0 Å². The summed E-state index contributed by atoms with van der Waals surface area (Å²) in [5, 5.41) is 2.82. The number of hydrogen-bond acceptors (Lipinski definition) is 4. The van der Waals surface area contributed by atoms with Crippen LogP contribution in [-0.2, 0) is 6.42 Å². The van der Waals surface area contributed by atoms with E-state index in [0.717, 1.165) is 6.67 Å². The van der Waals surface area contributed by atoms with E-state index >= 15 is 0 Å². The van der Waals surface area contributed by atoms with Crippen molar-refractivity contribution < 1.29 is 0 Å². The average Bonchev–Trinajstić information content (AvgIpc) is 3.23. The SMILES string of the molecule is C1=CC2=C(CC1)CCc1c2ccc2ccccc12.CN1C=CN(C)C1.c1cnccn1. The Morgan fingerprint density at radius 2 is 1.48 bits per heavy atom. The van der Waals surface area contributed by atoms with Crippen LogP contribution in [0, 0.1) is 0 Å². The van der Waals surface area contributed by atoms with E-state index in [2.05, 4.69) is 94.8 Å². The van der Waals surface area contributed by atoms with Gasteiger partial charge in [-0.25, -0.2) is 0 Å². The van der Waals surface area contributed by atoms with Gasteiger partial charge in [0, 0.05) is 51.3 Å². The maximum absolute atomic E-state index is 3.72. The summed E-state index contributed by atoms with van der Waals surface area (Å²) in [6, 6.07) is 13.4. The summed E-state index contributed by atoms with van der Waals surface area (Å²) >= 11 is 0. The summed E-state index contributed by atoms with van der Waals surface area (Å²) in [6.07, 6.45) is 20.3. The highest BCUT2D eigenvalue weighted by Crippen LogP contribution is 2.39. The summed E-state index contributed by atoms with van der Waals surface area (Å²) < 4.78 is 0. The molecule has 0 N–H and O–H groups in total. The van der Waals surface area contributed by atoms with E-state index in [-0.39, 0.29) is 0 Å². The third-order valence-electron chi connectivity index (χ3n) is 5.79. The van der Waals surface area contributed by atoms with Gasteiger partial charge in [-0.15, -0.1) is 0 Å². The van der Waals surface area contributed by atoms with E-state index in [1.54, 1.807) is 35.9 Å². The molecule has 2 aliphatic carbocycles. The molecule has 31 heavy (non-hydrogen) atoms. The quantitative estimate of drug-likeness (QED) is 0.479. The largest absolute Gasteiger partial charge is 0.362 e. The van der Waals surface area contributed by atoms with Gasteiger partial charge in [0.1, 0.15) is 0 Å². The number of nitrogens with zero attached hydrogens (tertiary/aromatic N) is 4. The number of rotatable bonds is 0. The Balaban J connectivity index is 0.000000146. The van der Waals surface area contributed by atoms with Crippen LogP contribution in [0.15, 0.2) is 91.3 Å². The lowest BCUT2D eigenvalue weighted by atomic mass is 9.80. The molecule has 0 saturated carbocycles. The van der Waals surface area contributed by atoms with Crippen molar-refractivity contribution in [1.29, 1.82) is 0 Å². The van der Waals surface area contributed by atoms with E-state index in [1.165, 1.54) is 47.6 Å². The van der Waals surface area contributed by atoms with Crippen molar-refractivity contribution in [2.45, 2.75) is 25.7 Å². The van der Waals surface area contributed by atoms with Crippen molar-refractivity contribution in [3.63, 3.8) is 0 Å². The number of benzene rings is 2. The highest BCUT2D eigenvalue weighted by Gasteiger charge is 2.20. The Kier molecular flexibility index (Phi) is 6.78. The van der Waals surface area contributed by atoms with Crippen LogP contribution in [0.1, 0.15) is 30.4 Å². The first-order chi connectivity index (χ1) is 15.2. The van der Waals surface area contributed by atoms with Crippen LogP contribution in [-0.4, -0.2) is 40.5 Å². The molecule has 0 spiro atoms. The molecule has 0 fully saturated rings. The van der Waals surface area contributed by atoms with E-state index < -0.39 is 0 Å². The smallest absolute Gasteiger partial charge is 0.0887 e. The molecule has 1 aliphatic heterocycles. The molecule has 0 unspecified atom stereocenters. The van der Waals surface area contributed by atoms with Crippen molar-refractivity contribution in [3.8, 4) is 0 Å². The van der Waals surface area contributed by atoms with Crippen molar-refractivity contribution in [3.05, 3.63) is 102 Å². The summed E-state index contributed by atoms with van der Waals surface area (Å²) in [7, 11) is 4.11. The van der Waals surface area contributed by atoms with Gasteiger partial charge in [-0.2, -0.15) is 0 Å². The topological polar surface area (TPSA) is 32.3 Å². The first-order valence-corrected chi connectivity index (χ1v) is 10.9. The Morgan fingerprint density at radius 1 is 0.774 bits per heavy atom. The monoisotopic (exact) mass is 410 g/mol. The summed E-state index contributed by atoms with van der Waals surface area (Å²) in [4.78, 5) is 11.7. The van der Waals surface area contributed by atoms with Crippen LogP contribution in [0.2, 0.25) is 0 Å². The van der Waals surface area contributed by atoms with Gasteiger partial charge in [-0.05, 0) is 53.2 Å². The number of hydrogen-bond donors (Lipinski definition) is 0. The zero-order valence-corrected chi connectivity index (χ0v) is 18.4. The molecule has 0 amide bonds.